The number of hydrogen-bond donors (Lipinski definition) is 2. The molecule has 1 saturated heterocycles. The van der Waals surface area contributed by atoms with Gasteiger partial charge in [0.05, 0.1) is 5.75 Å². The van der Waals surface area contributed by atoms with E-state index in [4.69, 9.17) is 0 Å². The number of hydrogen-bond acceptors (Lipinski definition) is 4. The summed E-state index contributed by atoms with van der Waals surface area (Å²) in [6, 6.07) is 3.46. The first-order valence-corrected chi connectivity index (χ1v) is 6.90. The second kappa shape index (κ2) is 6.30. The molecule has 7 heteroatoms. The van der Waals surface area contributed by atoms with Crippen molar-refractivity contribution in [3.05, 3.63) is 30.1 Å². The number of nitrogens with one attached hydrogen (secondary N) is 2. The second-order valence-electron chi connectivity index (χ2n) is 3.92. The van der Waals surface area contributed by atoms with E-state index in [2.05, 4.69) is 15.0 Å². The summed E-state index contributed by atoms with van der Waals surface area (Å²) in [5.41, 5.74) is 0.758. The Bertz CT molecular complexity index is 432. The summed E-state index contributed by atoms with van der Waals surface area (Å²) in [5.74, 6) is 0.0199. The lowest BCUT2D eigenvalue weighted by molar-refractivity contribution is 0.559. The quantitative estimate of drug-likeness (QED) is 0.830. The van der Waals surface area contributed by atoms with Crippen LogP contribution in [0.1, 0.15) is 12.0 Å². The Morgan fingerprint density at radius 2 is 2.12 bits per heavy atom. The third kappa shape index (κ3) is 4.59. The van der Waals surface area contributed by atoms with Gasteiger partial charge in [-0.25, -0.2) is 13.1 Å². The van der Waals surface area contributed by atoms with Gasteiger partial charge in [0.2, 0.25) is 10.0 Å². The molecule has 0 amide bonds. The van der Waals surface area contributed by atoms with Gasteiger partial charge in [-0.2, -0.15) is 0 Å². The van der Waals surface area contributed by atoms with Crippen LogP contribution in [0.2, 0.25) is 0 Å². The van der Waals surface area contributed by atoms with Crippen molar-refractivity contribution in [1.82, 2.24) is 15.0 Å². The fraction of sp³-hybridized carbons (Fsp3) is 0.500. The van der Waals surface area contributed by atoms with Crippen molar-refractivity contribution < 1.29 is 8.42 Å². The van der Waals surface area contributed by atoms with E-state index < -0.39 is 10.0 Å². The van der Waals surface area contributed by atoms with Crippen LogP contribution < -0.4 is 10.0 Å². The molecule has 1 atom stereocenters. The molecule has 1 aliphatic heterocycles. The van der Waals surface area contributed by atoms with Gasteiger partial charge in [0.1, 0.15) is 0 Å². The Morgan fingerprint density at radius 3 is 2.71 bits per heavy atom. The summed E-state index contributed by atoms with van der Waals surface area (Å²) in [5, 5.41) is 3.12. The smallest absolute Gasteiger partial charge is 0.216 e. The van der Waals surface area contributed by atoms with Crippen molar-refractivity contribution in [3.8, 4) is 0 Å². The number of aromatic nitrogens is 1. The highest BCUT2D eigenvalue weighted by Gasteiger charge is 2.21. The Kier molecular flexibility index (Phi) is 5.32. The maximum Gasteiger partial charge on any atom is 0.216 e. The number of halogens is 1. The predicted molar refractivity (Wildman–Crippen MR) is 68.5 cm³/mol. The Morgan fingerprint density at radius 1 is 1.41 bits per heavy atom. The van der Waals surface area contributed by atoms with Crippen molar-refractivity contribution in [1.29, 1.82) is 0 Å². The molecule has 1 aromatic rings. The van der Waals surface area contributed by atoms with E-state index in [0.717, 1.165) is 25.1 Å². The normalized spacial score (nSPS) is 19.9. The average molecular weight is 278 g/mol. The van der Waals surface area contributed by atoms with E-state index >= 15 is 0 Å². The Labute approximate surface area is 107 Å². The predicted octanol–water partition coefficient (Wildman–Crippen LogP) is 0.285. The molecule has 0 spiro atoms. The van der Waals surface area contributed by atoms with Gasteiger partial charge in [0.25, 0.3) is 0 Å². The zero-order valence-corrected chi connectivity index (χ0v) is 10.9. The highest BCUT2D eigenvalue weighted by Crippen LogP contribution is 2.06. The van der Waals surface area contributed by atoms with Crippen LogP contribution in [-0.4, -0.2) is 32.5 Å². The third-order valence-corrected chi connectivity index (χ3v) is 3.92. The molecule has 0 unspecified atom stereocenters. The fourth-order valence-electron chi connectivity index (χ4n) is 1.75. The minimum atomic E-state index is -3.24. The average Bonchev–Trinajstić information content (AvgIpc) is 2.70. The van der Waals surface area contributed by atoms with Crippen LogP contribution in [0.25, 0.3) is 0 Å². The summed E-state index contributed by atoms with van der Waals surface area (Å²) in [6.07, 6.45) is 4.06. The minimum Gasteiger partial charge on any atom is -0.315 e. The van der Waals surface area contributed by atoms with Gasteiger partial charge < -0.3 is 5.32 Å². The van der Waals surface area contributed by atoms with Crippen LogP contribution >= 0.6 is 12.4 Å². The van der Waals surface area contributed by atoms with E-state index in [9.17, 15) is 8.42 Å². The molecule has 1 aromatic heterocycles. The van der Waals surface area contributed by atoms with Gasteiger partial charge >= 0.3 is 0 Å². The van der Waals surface area contributed by atoms with Gasteiger partial charge in [-0.1, -0.05) is 0 Å². The topological polar surface area (TPSA) is 71.1 Å². The lowest BCUT2D eigenvalue weighted by atomic mass is 10.3. The maximum absolute atomic E-state index is 11.8. The molecule has 0 saturated carbocycles. The van der Waals surface area contributed by atoms with Gasteiger partial charge in [0, 0.05) is 25.0 Å². The van der Waals surface area contributed by atoms with Crippen LogP contribution in [0.4, 0.5) is 0 Å². The van der Waals surface area contributed by atoms with Crippen LogP contribution in [0.5, 0.6) is 0 Å². The molecule has 2 rings (SSSR count). The molecule has 1 fully saturated rings. The molecule has 5 nitrogen and oxygen atoms in total. The number of pyridine rings is 1. The first-order valence-electron chi connectivity index (χ1n) is 5.25. The summed E-state index contributed by atoms with van der Waals surface area (Å²) >= 11 is 0. The first-order chi connectivity index (χ1) is 7.66. The summed E-state index contributed by atoms with van der Waals surface area (Å²) in [6.45, 7) is 1.60. The van der Waals surface area contributed by atoms with Crippen LogP contribution in [-0.2, 0) is 15.8 Å². The molecular weight excluding hydrogens is 262 g/mol. The monoisotopic (exact) mass is 277 g/mol. The zero-order chi connectivity index (χ0) is 11.4. The van der Waals surface area contributed by atoms with E-state index in [-0.39, 0.29) is 24.2 Å². The summed E-state index contributed by atoms with van der Waals surface area (Å²) in [7, 11) is -3.24. The molecule has 0 bridgehead atoms. The van der Waals surface area contributed by atoms with Crippen LogP contribution in [0.15, 0.2) is 24.5 Å². The minimum absolute atomic E-state index is 0. The highest BCUT2D eigenvalue weighted by atomic mass is 35.5. The molecular formula is C10H16ClN3O2S. The maximum atomic E-state index is 11.8. The number of rotatable bonds is 4. The molecule has 2 heterocycles. The van der Waals surface area contributed by atoms with Gasteiger partial charge in [-0.3, -0.25) is 4.98 Å². The summed E-state index contributed by atoms with van der Waals surface area (Å²) < 4.78 is 26.3. The molecule has 17 heavy (non-hydrogen) atoms. The molecule has 0 radical (unpaired) electrons. The second-order valence-corrected chi connectivity index (χ2v) is 5.68. The van der Waals surface area contributed by atoms with E-state index in [1.807, 2.05) is 0 Å². The number of nitrogens with zero attached hydrogens (tertiary/aromatic N) is 1. The van der Waals surface area contributed by atoms with Crippen molar-refractivity contribution in [2.75, 3.05) is 13.1 Å². The third-order valence-electron chi connectivity index (χ3n) is 2.51. The molecule has 1 aliphatic rings. The van der Waals surface area contributed by atoms with Gasteiger partial charge in [0.15, 0.2) is 0 Å². The number of sulfonamides is 1. The van der Waals surface area contributed by atoms with Crippen LogP contribution in [0.3, 0.4) is 0 Å². The SMILES string of the molecule is Cl.O=S(=O)(Cc1ccncc1)N[C@H]1CCNC1. The fourth-order valence-corrected chi connectivity index (χ4v) is 3.17. The Hall–Kier alpha value is -0.690. The lowest BCUT2D eigenvalue weighted by Crippen LogP contribution is -2.36. The van der Waals surface area contributed by atoms with E-state index in [1.165, 1.54) is 0 Å². The zero-order valence-electron chi connectivity index (χ0n) is 9.30. The first kappa shape index (κ1) is 14.4. The van der Waals surface area contributed by atoms with Gasteiger partial charge in [-0.15, -0.1) is 12.4 Å². The van der Waals surface area contributed by atoms with Crippen molar-refractivity contribution >= 4 is 22.4 Å². The van der Waals surface area contributed by atoms with Crippen molar-refractivity contribution in [2.45, 2.75) is 18.2 Å². The molecule has 0 aromatic carbocycles. The molecule has 2 N–H and O–H groups in total. The molecule has 96 valence electrons. The van der Waals surface area contributed by atoms with Crippen LogP contribution in [0, 0.1) is 0 Å². The van der Waals surface area contributed by atoms with Crippen molar-refractivity contribution in [2.24, 2.45) is 0 Å². The van der Waals surface area contributed by atoms with E-state index in [1.54, 1.807) is 24.5 Å². The lowest BCUT2D eigenvalue weighted by Gasteiger charge is -2.11. The standard InChI is InChI=1S/C10H15N3O2S.ClH/c14-16(15,13-10-3-6-12-7-10)8-9-1-4-11-5-2-9;/h1-2,4-5,10,12-13H,3,6-8H2;1H/t10-;/m0./s1. The largest absolute Gasteiger partial charge is 0.315 e. The van der Waals surface area contributed by atoms with E-state index in [0.29, 0.717) is 0 Å². The molecule has 0 aliphatic carbocycles. The van der Waals surface area contributed by atoms with Gasteiger partial charge in [-0.05, 0) is 30.7 Å². The highest BCUT2D eigenvalue weighted by molar-refractivity contribution is 7.88. The Balaban J connectivity index is 0.00000144. The van der Waals surface area contributed by atoms with Crippen molar-refractivity contribution in [3.63, 3.8) is 0 Å². The summed E-state index contributed by atoms with van der Waals surface area (Å²) in [4.78, 5) is 3.85.